The Morgan fingerprint density at radius 2 is 1.67 bits per heavy atom. The Hall–Kier alpha value is -2.49. The molecule has 3 aromatic rings. The van der Waals surface area contributed by atoms with Gasteiger partial charge in [0.25, 0.3) is 0 Å². The van der Waals surface area contributed by atoms with Gasteiger partial charge in [-0.15, -0.1) is 0 Å². The molecule has 0 amide bonds. The van der Waals surface area contributed by atoms with E-state index in [2.05, 4.69) is 17.9 Å². The zero-order valence-electron chi connectivity index (χ0n) is 12.7. The van der Waals surface area contributed by atoms with Gasteiger partial charge < -0.3 is 9.15 Å². The van der Waals surface area contributed by atoms with Crippen LogP contribution < -0.4 is 0 Å². The van der Waals surface area contributed by atoms with Crippen molar-refractivity contribution in [2.24, 2.45) is 0 Å². The van der Waals surface area contributed by atoms with Crippen molar-refractivity contribution in [1.82, 2.24) is 0 Å². The molecule has 3 rings (SSSR count). The van der Waals surface area contributed by atoms with E-state index in [1.165, 1.54) is 10.6 Å². The molecule has 0 aliphatic heterocycles. The molecule has 0 spiro atoms. The van der Waals surface area contributed by atoms with Crippen LogP contribution in [-0.2, 0) is 0 Å². The molecule has 0 fully saturated rings. The van der Waals surface area contributed by atoms with Gasteiger partial charge in [-0.05, 0) is 30.3 Å². The lowest BCUT2D eigenvalue weighted by molar-refractivity contribution is -0.382. The third kappa shape index (κ3) is 3.23. The van der Waals surface area contributed by atoms with Crippen molar-refractivity contribution in [3.8, 4) is 17.1 Å². The molecular weight excluding hydrogens is 345 g/mol. The first-order valence-corrected chi connectivity index (χ1v) is 7.86. The van der Waals surface area contributed by atoms with Crippen LogP contribution >= 0.6 is 23.2 Å². The molecule has 3 nitrogen and oxygen atoms in total. The van der Waals surface area contributed by atoms with Gasteiger partial charge >= 0.3 is 0 Å². The predicted octanol–water partition coefficient (Wildman–Crippen LogP) is 5.84. The molecule has 0 aliphatic rings. The fourth-order valence-electron chi connectivity index (χ4n) is 2.36. The number of aromatic hydroxyl groups is 1. The summed E-state index contributed by atoms with van der Waals surface area (Å²) >= 11 is 11.9. The average Bonchev–Trinajstić information content (AvgIpc) is 2.91. The lowest BCUT2D eigenvalue weighted by Crippen LogP contribution is -2.00. The molecule has 1 aromatic heterocycles. The minimum absolute atomic E-state index is 0.0933. The highest BCUT2D eigenvalue weighted by molar-refractivity contribution is 6.31. The van der Waals surface area contributed by atoms with Gasteiger partial charge in [-0.2, -0.15) is 0 Å². The summed E-state index contributed by atoms with van der Waals surface area (Å²) in [6, 6.07) is 16.1. The highest BCUT2D eigenvalue weighted by Gasteiger charge is 2.12. The zero-order chi connectivity index (χ0) is 17.3. The fourth-order valence-corrected chi connectivity index (χ4v) is 2.65. The number of halogens is 2. The second-order valence-electron chi connectivity index (χ2n) is 5.23. The van der Waals surface area contributed by atoms with Crippen molar-refractivity contribution in [2.75, 3.05) is 0 Å². The summed E-state index contributed by atoms with van der Waals surface area (Å²) < 4.78 is 4.25. The topological polar surface area (TPSA) is 25.9 Å². The van der Waals surface area contributed by atoms with Gasteiger partial charge in [-0.1, -0.05) is 47.5 Å². The van der Waals surface area contributed by atoms with Gasteiger partial charge in [-0.25, -0.2) is 0 Å². The summed E-state index contributed by atoms with van der Waals surface area (Å²) in [6.45, 7) is 5.67. The van der Waals surface area contributed by atoms with E-state index in [9.17, 15) is 5.11 Å². The molecule has 1 N–H and O–H groups in total. The molecule has 0 saturated heterocycles. The van der Waals surface area contributed by atoms with Crippen molar-refractivity contribution in [3.05, 3.63) is 84.1 Å². The van der Waals surface area contributed by atoms with Gasteiger partial charge in [0.1, 0.15) is 18.1 Å². The SMILES string of the molecule is C=[N+]([CH-]c1ccc(-c2ccc(Cl)cc2)[o+]1[CH2-])c1cc(Cl)ccc1O. The first kappa shape index (κ1) is 16.4. The average molecular weight is 360 g/mol. The van der Waals surface area contributed by atoms with E-state index in [4.69, 9.17) is 23.2 Å². The molecule has 0 bridgehead atoms. The standard InChI is InChI=1S/C19H15Cl2NO2/c1-22(17-11-15(21)7-9-18(17)23)12-16-8-10-19(24(16)2)13-3-5-14(20)6-4-13/h3-12,23H,1-2H2. The van der Waals surface area contributed by atoms with Gasteiger partial charge in [-0.3, -0.25) is 4.58 Å². The van der Waals surface area contributed by atoms with Crippen molar-refractivity contribution >= 4 is 35.6 Å². The van der Waals surface area contributed by atoms with E-state index in [-0.39, 0.29) is 5.75 Å². The first-order chi connectivity index (χ1) is 11.5. The van der Waals surface area contributed by atoms with Crippen molar-refractivity contribution < 1.29 is 13.7 Å². The lowest BCUT2D eigenvalue weighted by atomic mass is 10.2. The van der Waals surface area contributed by atoms with E-state index in [1.807, 2.05) is 36.4 Å². The zero-order valence-corrected chi connectivity index (χ0v) is 14.3. The van der Waals surface area contributed by atoms with Crippen LogP contribution in [0.1, 0.15) is 5.76 Å². The summed E-state index contributed by atoms with van der Waals surface area (Å²) in [4.78, 5) is 0. The predicted molar refractivity (Wildman–Crippen MR) is 98.1 cm³/mol. The molecule has 1 heterocycles. The van der Waals surface area contributed by atoms with Crippen LogP contribution in [0.2, 0.25) is 10.0 Å². The molecule has 122 valence electrons. The molecule has 0 atom stereocenters. The highest BCUT2D eigenvalue weighted by Crippen LogP contribution is 2.33. The number of benzene rings is 2. The van der Waals surface area contributed by atoms with Crippen LogP contribution in [-0.4, -0.2) is 16.4 Å². The van der Waals surface area contributed by atoms with E-state index in [0.29, 0.717) is 15.7 Å². The molecule has 2 aromatic carbocycles. The Kier molecular flexibility index (Phi) is 4.47. The Balaban J connectivity index is 1.87. The number of nitrogens with zero attached hydrogens (tertiary/aromatic N) is 1. The monoisotopic (exact) mass is 359 g/mol. The minimum Gasteiger partial charge on any atom is -0.673 e. The Morgan fingerprint density at radius 1 is 1.00 bits per heavy atom. The smallest absolute Gasteiger partial charge is 0.174 e. The highest BCUT2D eigenvalue weighted by atomic mass is 35.5. The molecule has 0 aliphatic carbocycles. The van der Waals surface area contributed by atoms with E-state index in [0.717, 1.165) is 17.1 Å². The third-order valence-electron chi connectivity index (χ3n) is 3.61. The summed E-state index contributed by atoms with van der Waals surface area (Å²) in [5.41, 5.74) is 1.47. The van der Waals surface area contributed by atoms with Gasteiger partial charge in [0.2, 0.25) is 0 Å². The van der Waals surface area contributed by atoms with Crippen LogP contribution in [0.3, 0.4) is 0 Å². The number of phenols is 1. The van der Waals surface area contributed by atoms with Crippen LogP contribution in [0.15, 0.2) is 58.6 Å². The quantitative estimate of drug-likeness (QED) is 0.269. The van der Waals surface area contributed by atoms with Gasteiger partial charge in [0, 0.05) is 15.6 Å². The van der Waals surface area contributed by atoms with Gasteiger partial charge in [0.15, 0.2) is 11.4 Å². The summed E-state index contributed by atoms with van der Waals surface area (Å²) in [5, 5.41) is 11.2. The van der Waals surface area contributed by atoms with Crippen molar-refractivity contribution in [2.45, 2.75) is 0 Å². The molecule has 0 unspecified atom stereocenters. The number of furan rings is 1. The summed E-state index contributed by atoms with van der Waals surface area (Å²) in [7, 11) is 3.99. The van der Waals surface area contributed by atoms with E-state index < -0.39 is 0 Å². The van der Waals surface area contributed by atoms with Crippen molar-refractivity contribution in [1.29, 1.82) is 0 Å². The van der Waals surface area contributed by atoms with Gasteiger partial charge in [0.05, 0.1) is 13.8 Å². The molecular formula is C19H15Cl2NO2. The normalized spacial score (nSPS) is 10.6. The van der Waals surface area contributed by atoms with Crippen LogP contribution in [0, 0.1) is 13.7 Å². The fraction of sp³-hybridized carbons (Fsp3) is 0. The molecule has 24 heavy (non-hydrogen) atoms. The number of hydrogen-bond acceptors (Lipinski definition) is 1. The number of phenolic OH excluding ortho intramolecular Hbond substituents is 1. The minimum atomic E-state index is 0.0933. The Morgan fingerprint density at radius 3 is 2.38 bits per heavy atom. The Bertz CT molecular complexity index is 898. The second kappa shape index (κ2) is 6.56. The summed E-state index contributed by atoms with van der Waals surface area (Å²) in [6.07, 6.45) is 0. The lowest BCUT2D eigenvalue weighted by Gasteiger charge is -2.16. The number of hydrogen-bond donors (Lipinski definition) is 1. The maximum Gasteiger partial charge on any atom is 0.174 e. The molecule has 5 heteroatoms. The number of rotatable bonds is 4. The Labute approximate surface area is 150 Å². The van der Waals surface area contributed by atoms with E-state index >= 15 is 0 Å². The summed E-state index contributed by atoms with van der Waals surface area (Å²) in [5.74, 6) is 1.70. The van der Waals surface area contributed by atoms with Crippen LogP contribution in [0.4, 0.5) is 5.69 Å². The first-order valence-electron chi connectivity index (χ1n) is 7.11. The van der Waals surface area contributed by atoms with Crippen LogP contribution in [0.5, 0.6) is 5.75 Å². The van der Waals surface area contributed by atoms with Crippen molar-refractivity contribution in [3.63, 3.8) is 0 Å². The second-order valence-corrected chi connectivity index (χ2v) is 6.10. The molecule has 0 saturated carbocycles. The van der Waals surface area contributed by atoms with Crippen LogP contribution in [0.25, 0.3) is 11.3 Å². The van der Waals surface area contributed by atoms with E-state index in [1.54, 1.807) is 18.7 Å². The maximum atomic E-state index is 9.96. The third-order valence-corrected chi connectivity index (χ3v) is 4.09. The maximum absolute atomic E-state index is 9.96. The largest absolute Gasteiger partial charge is 0.673 e. The molecule has 0 radical (unpaired) electrons.